The van der Waals surface area contributed by atoms with Gasteiger partial charge in [-0.15, -0.1) is 0 Å². The quantitative estimate of drug-likeness (QED) is 0.431. The molecular formula is C26H24N4O7S2. The molecule has 3 atom stereocenters. The molecule has 1 aromatic heterocycles. The van der Waals surface area contributed by atoms with Crippen molar-refractivity contribution in [3.8, 4) is 11.5 Å². The van der Waals surface area contributed by atoms with Crippen LogP contribution in [0.3, 0.4) is 0 Å². The Kier molecular flexibility index (Phi) is 6.95. The van der Waals surface area contributed by atoms with Crippen molar-refractivity contribution >= 4 is 52.5 Å². The van der Waals surface area contributed by atoms with E-state index in [1.807, 2.05) is 19.1 Å². The molecule has 3 aromatic rings. The molecule has 2 unspecified atom stereocenters. The number of amides is 5. The third-order valence-electron chi connectivity index (χ3n) is 6.67. The van der Waals surface area contributed by atoms with Crippen LogP contribution in [0.2, 0.25) is 0 Å². The number of urea groups is 1. The van der Waals surface area contributed by atoms with Crippen LogP contribution in [-0.2, 0) is 20.9 Å². The van der Waals surface area contributed by atoms with Gasteiger partial charge in [0.2, 0.25) is 11.8 Å². The van der Waals surface area contributed by atoms with Gasteiger partial charge in [-0.3, -0.25) is 23.7 Å². The van der Waals surface area contributed by atoms with Gasteiger partial charge in [0, 0.05) is 16.5 Å². The summed E-state index contributed by atoms with van der Waals surface area (Å²) in [5, 5.41) is 2.14. The van der Waals surface area contributed by atoms with Gasteiger partial charge in [-0.1, -0.05) is 46.9 Å². The number of imide groups is 3. The lowest BCUT2D eigenvalue weighted by atomic mass is 9.83. The summed E-state index contributed by atoms with van der Waals surface area (Å²) < 4.78 is 12.1. The molecule has 3 heterocycles. The van der Waals surface area contributed by atoms with Crippen molar-refractivity contribution < 1.29 is 28.7 Å². The molecule has 0 spiro atoms. The van der Waals surface area contributed by atoms with E-state index in [1.54, 1.807) is 30.3 Å². The molecule has 39 heavy (non-hydrogen) atoms. The zero-order valence-corrected chi connectivity index (χ0v) is 22.8. The molecule has 2 aliphatic rings. The standard InChI is InChI=1S/C26H24N4O7S2/c1-12-4-7-14(8-5-12)28-17(31)11-29-24-21(39-26(29)35)18(13-6-9-15(36-2)16(10-13)37-3)19-20(38-24)23(33)30(22(19)32)25(27)34/h4-10,18-20H,11H2,1-3H3,(H2,27,34)(H,28,31)/t18-,19?,20?/m0/s1. The molecule has 1 saturated heterocycles. The third kappa shape index (κ3) is 4.57. The Morgan fingerprint density at radius 2 is 1.69 bits per heavy atom. The van der Waals surface area contributed by atoms with Gasteiger partial charge >= 0.3 is 10.9 Å². The number of hydrogen-bond donors (Lipinski definition) is 2. The number of hydrogen-bond acceptors (Lipinski definition) is 9. The van der Waals surface area contributed by atoms with Gasteiger partial charge in [0.05, 0.1) is 25.2 Å². The topological polar surface area (TPSA) is 150 Å². The molecule has 1 fully saturated rings. The number of aryl methyl sites for hydroxylation is 1. The van der Waals surface area contributed by atoms with Gasteiger partial charge < -0.3 is 20.5 Å². The van der Waals surface area contributed by atoms with E-state index in [1.165, 1.54) is 18.8 Å². The molecule has 2 aromatic carbocycles. The minimum atomic E-state index is -1.16. The first-order valence-electron chi connectivity index (χ1n) is 11.8. The highest BCUT2D eigenvalue weighted by molar-refractivity contribution is 8.00. The summed E-state index contributed by atoms with van der Waals surface area (Å²) in [5.41, 5.74) is 7.56. The van der Waals surface area contributed by atoms with Crippen molar-refractivity contribution in [1.82, 2.24) is 9.47 Å². The maximum Gasteiger partial charge on any atom is 0.328 e. The Bertz CT molecular complexity index is 1560. The fraction of sp³-hybridized carbons (Fsp3) is 0.269. The van der Waals surface area contributed by atoms with E-state index < -0.39 is 45.7 Å². The van der Waals surface area contributed by atoms with E-state index in [4.69, 9.17) is 15.2 Å². The second kappa shape index (κ2) is 10.2. The number of primary amides is 1. The maximum absolute atomic E-state index is 13.3. The lowest BCUT2D eigenvalue weighted by Crippen LogP contribution is -2.41. The van der Waals surface area contributed by atoms with Crippen LogP contribution < -0.4 is 25.4 Å². The number of thioether (sulfide) groups is 1. The number of rotatable bonds is 6. The number of carbonyl (C=O) groups excluding carboxylic acids is 4. The number of nitrogens with zero attached hydrogens (tertiary/aromatic N) is 2. The van der Waals surface area contributed by atoms with Gasteiger partial charge in [-0.05, 0) is 36.8 Å². The molecule has 202 valence electrons. The molecule has 0 bridgehead atoms. The van der Waals surface area contributed by atoms with Crippen LogP contribution in [-0.4, -0.2) is 52.7 Å². The molecule has 3 N–H and O–H groups in total. The molecule has 2 aliphatic heterocycles. The first-order chi connectivity index (χ1) is 18.6. The molecule has 0 aliphatic carbocycles. The molecule has 11 nitrogen and oxygen atoms in total. The summed E-state index contributed by atoms with van der Waals surface area (Å²) in [7, 11) is 2.95. The number of nitrogens with one attached hydrogen (secondary N) is 1. The van der Waals surface area contributed by atoms with Crippen LogP contribution >= 0.6 is 23.1 Å². The minimum absolute atomic E-state index is 0.302. The van der Waals surface area contributed by atoms with E-state index >= 15 is 0 Å². The van der Waals surface area contributed by atoms with Crippen molar-refractivity contribution in [3.05, 3.63) is 68.1 Å². The number of thiazole rings is 1. The van der Waals surface area contributed by atoms with Gasteiger partial charge in [0.25, 0.3) is 5.91 Å². The number of carbonyl (C=O) groups is 4. The largest absolute Gasteiger partial charge is 0.493 e. The number of methoxy groups -OCH3 is 2. The highest BCUT2D eigenvalue weighted by Gasteiger charge is 2.58. The summed E-state index contributed by atoms with van der Waals surface area (Å²) in [6, 6.07) is 11.1. The van der Waals surface area contributed by atoms with Crippen molar-refractivity contribution in [2.24, 2.45) is 11.7 Å². The molecule has 13 heteroatoms. The second-order valence-electron chi connectivity index (χ2n) is 9.04. The van der Waals surface area contributed by atoms with Gasteiger partial charge in [0.15, 0.2) is 11.5 Å². The minimum Gasteiger partial charge on any atom is -0.493 e. The summed E-state index contributed by atoms with van der Waals surface area (Å²) in [6.45, 7) is 1.62. The van der Waals surface area contributed by atoms with Crippen LogP contribution in [0.25, 0.3) is 0 Å². The monoisotopic (exact) mass is 568 g/mol. The number of aromatic nitrogens is 1. The lowest BCUT2D eigenvalue weighted by Gasteiger charge is -2.31. The van der Waals surface area contributed by atoms with Crippen LogP contribution in [0.1, 0.15) is 21.9 Å². The predicted molar refractivity (Wildman–Crippen MR) is 144 cm³/mol. The summed E-state index contributed by atoms with van der Waals surface area (Å²) >= 11 is 1.88. The van der Waals surface area contributed by atoms with Crippen molar-refractivity contribution in [3.63, 3.8) is 0 Å². The number of anilines is 1. The summed E-state index contributed by atoms with van der Waals surface area (Å²) in [5.74, 6) is -2.85. The van der Waals surface area contributed by atoms with Gasteiger partial charge in [-0.25, -0.2) is 4.79 Å². The number of nitrogens with two attached hydrogens (primary N) is 1. The fourth-order valence-corrected chi connectivity index (χ4v) is 7.63. The zero-order chi connectivity index (χ0) is 28.0. The van der Waals surface area contributed by atoms with E-state index in [-0.39, 0.29) is 6.54 Å². The number of benzene rings is 2. The normalized spacial score (nSPS) is 19.9. The zero-order valence-electron chi connectivity index (χ0n) is 21.1. The van der Waals surface area contributed by atoms with E-state index in [2.05, 4.69) is 5.32 Å². The Hall–Kier alpha value is -4.10. The van der Waals surface area contributed by atoms with Crippen molar-refractivity contribution in [2.45, 2.75) is 29.7 Å². The van der Waals surface area contributed by atoms with Crippen molar-refractivity contribution in [1.29, 1.82) is 0 Å². The smallest absolute Gasteiger partial charge is 0.328 e. The van der Waals surface area contributed by atoms with Crippen LogP contribution in [0.15, 0.2) is 52.3 Å². The van der Waals surface area contributed by atoms with Gasteiger partial charge in [-0.2, -0.15) is 4.90 Å². The number of likely N-dealkylation sites (tertiary alicyclic amines) is 1. The average molecular weight is 569 g/mol. The first kappa shape index (κ1) is 26.5. The Morgan fingerprint density at radius 1 is 1.00 bits per heavy atom. The summed E-state index contributed by atoms with van der Waals surface area (Å²) in [4.78, 5) is 65.2. The van der Waals surface area contributed by atoms with E-state index in [0.29, 0.717) is 37.6 Å². The van der Waals surface area contributed by atoms with Crippen LogP contribution in [0.5, 0.6) is 11.5 Å². The molecule has 5 amide bonds. The van der Waals surface area contributed by atoms with Crippen LogP contribution in [0, 0.1) is 12.8 Å². The average Bonchev–Trinajstić information content (AvgIpc) is 3.35. The fourth-order valence-electron chi connectivity index (χ4n) is 4.86. The number of fused-ring (bicyclic) bond motifs is 2. The maximum atomic E-state index is 13.3. The number of ether oxygens (including phenoxy) is 2. The highest BCUT2D eigenvalue weighted by Crippen LogP contribution is 2.54. The van der Waals surface area contributed by atoms with Crippen LogP contribution in [0.4, 0.5) is 10.5 Å². The Balaban J connectivity index is 1.59. The van der Waals surface area contributed by atoms with E-state index in [0.717, 1.165) is 28.7 Å². The first-order valence-corrected chi connectivity index (χ1v) is 13.5. The Morgan fingerprint density at radius 3 is 2.33 bits per heavy atom. The molecule has 0 saturated carbocycles. The van der Waals surface area contributed by atoms with E-state index in [9.17, 15) is 24.0 Å². The SMILES string of the molecule is COc1ccc([C@@H]2c3sc(=O)n(CC(=O)Nc4ccc(C)cc4)c3SC3C(=O)N(C(N)=O)C(=O)C32)cc1OC. The Labute approximate surface area is 230 Å². The predicted octanol–water partition coefficient (Wildman–Crippen LogP) is 2.54. The third-order valence-corrected chi connectivity index (χ3v) is 9.28. The lowest BCUT2D eigenvalue weighted by molar-refractivity contribution is -0.135. The molecule has 5 rings (SSSR count). The molecular weight excluding hydrogens is 544 g/mol. The van der Waals surface area contributed by atoms with Gasteiger partial charge in [0.1, 0.15) is 11.8 Å². The van der Waals surface area contributed by atoms with Crippen molar-refractivity contribution in [2.75, 3.05) is 19.5 Å². The highest BCUT2D eigenvalue weighted by atomic mass is 32.2. The summed E-state index contributed by atoms with van der Waals surface area (Å²) in [6.07, 6.45) is 0. The second-order valence-corrected chi connectivity index (χ2v) is 11.2. The molecule has 0 radical (unpaired) electrons.